The third-order valence-corrected chi connectivity index (χ3v) is 6.62. The lowest BCUT2D eigenvalue weighted by Crippen LogP contribution is -2.28. The van der Waals surface area contributed by atoms with Gasteiger partial charge in [-0.25, -0.2) is 4.79 Å². The molecule has 0 fully saturated rings. The lowest BCUT2D eigenvalue weighted by atomic mass is 10.1. The van der Waals surface area contributed by atoms with E-state index in [2.05, 4.69) is 4.57 Å². The summed E-state index contributed by atoms with van der Waals surface area (Å²) >= 11 is 5.91. The molecule has 0 saturated heterocycles. The third kappa shape index (κ3) is 4.15. The first-order valence-corrected chi connectivity index (χ1v) is 11.5. The van der Waals surface area contributed by atoms with Gasteiger partial charge in [0.1, 0.15) is 12.4 Å². The molecule has 0 atom stereocenters. The molecule has 4 aromatic rings. The molecule has 0 aliphatic carbocycles. The van der Waals surface area contributed by atoms with Gasteiger partial charge in [0.05, 0.1) is 17.7 Å². The van der Waals surface area contributed by atoms with Crippen LogP contribution in [-0.4, -0.2) is 31.8 Å². The SMILES string of the molecule is Cn1c2c(c3ccc(-n4ccc(OCc5ccc(Cl)cc5)cc4=O)cc31)CN(C(=O)O)CCC2. The van der Waals surface area contributed by atoms with Crippen molar-refractivity contribution in [1.82, 2.24) is 14.0 Å². The number of hydrogen-bond acceptors (Lipinski definition) is 3. The first-order chi connectivity index (χ1) is 16.4. The Bertz CT molecular complexity index is 1440. The van der Waals surface area contributed by atoms with E-state index < -0.39 is 6.09 Å². The molecule has 1 aliphatic rings. The molecular formula is C26H24ClN3O4. The van der Waals surface area contributed by atoms with Gasteiger partial charge in [-0.2, -0.15) is 0 Å². The fourth-order valence-corrected chi connectivity index (χ4v) is 4.71. The van der Waals surface area contributed by atoms with Crippen LogP contribution in [0.15, 0.2) is 65.6 Å². The molecule has 1 aliphatic heterocycles. The topological polar surface area (TPSA) is 76.7 Å². The number of pyridine rings is 1. The van der Waals surface area contributed by atoms with Gasteiger partial charge in [0.2, 0.25) is 0 Å². The van der Waals surface area contributed by atoms with Crippen LogP contribution in [0.25, 0.3) is 16.6 Å². The Morgan fingerprint density at radius 3 is 2.65 bits per heavy atom. The van der Waals surface area contributed by atoms with Gasteiger partial charge in [-0.3, -0.25) is 9.36 Å². The Labute approximate surface area is 201 Å². The molecule has 1 N–H and O–H groups in total. The van der Waals surface area contributed by atoms with Crippen molar-refractivity contribution in [2.45, 2.75) is 26.0 Å². The highest BCUT2D eigenvalue weighted by Crippen LogP contribution is 2.31. The minimum Gasteiger partial charge on any atom is -0.489 e. The molecule has 3 heterocycles. The fraction of sp³-hybridized carbons (Fsp3) is 0.231. The number of benzene rings is 2. The summed E-state index contributed by atoms with van der Waals surface area (Å²) in [6.45, 7) is 1.25. The fourth-order valence-electron chi connectivity index (χ4n) is 4.58. The van der Waals surface area contributed by atoms with Crippen molar-refractivity contribution in [3.63, 3.8) is 0 Å². The Kier molecular flexibility index (Phi) is 5.79. The second-order valence-corrected chi connectivity index (χ2v) is 8.92. The molecule has 0 saturated carbocycles. The van der Waals surface area contributed by atoms with Gasteiger partial charge in [0.15, 0.2) is 0 Å². The van der Waals surface area contributed by atoms with Crippen molar-refractivity contribution in [2.24, 2.45) is 7.05 Å². The van der Waals surface area contributed by atoms with Crippen LogP contribution in [0.2, 0.25) is 5.02 Å². The standard InChI is InChI=1S/C26H24ClN3O4/c1-28-23-3-2-11-29(26(32)33)15-22(23)21-9-8-19(13-24(21)28)30-12-10-20(14-25(30)31)34-16-17-4-6-18(27)7-5-17/h4-10,12-14H,2-3,11,15-16H2,1H3,(H,32,33). The van der Waals surface area contributed by atoms with E-state index in [-0.39, 0.29) is 5.56 Å². The lowest BCUT2D eigenvalue weighted by Gasteiger charge is -2.16. The number of aryl methyl sites for hydroxylation is 1. The molecule has 2 aromatic carbocycles. The van der Waals surface area contributed by atoms with Crippen molar-refractivity contribution < 1.29 is 14.6 Å². The molecule has 5 rings (SSSR count). The van der Waals surface area contributed by atoms with Crippen LogP contribution in [0, 0.1) is 0 Å². The Hall–Kier alpha value is -3.71. The molecule has 34 heavy (non-hydrogen) atoms. The second kappa shape index (κ2) is 8.91. The van der Waals surface area contributed by atoms with Crippen molar-refractivity contribution in [1.29, 1.82) is 0 Å². The normalized spacial score (nSPS) is 13.5. The first-order valence-electron chi connectivity index (χ1n) is 11.1. The van der Waals surface area contributed by atoms with Crippen LogP contribution in [0.1, 0.15) is 23.2 Å². The number of halogens is 1. The first kappa shape index (κ1) is 22.1. The highest BCUT2D eigenvalue weighted by atomic mass is 35.5. The summed E-state index contributed by atoms with van der Waals surface area (Å²) in [6.07, 6.45) is 2.42. The Morgan fingerprint density at radius 1 is 1.12 bits per heavy atom. The van der Waals surface area contributed by atoms with Gasteiger partial charge in [-0.15, -0.1) is 0 Å². The number of carboxylic acid groups (broad SMARTS) is 1. The monoisotopic (exact) mass is 477 g/mol. The quantitative estimate of drug-likeness (QED) is 0.449. The summed E-state index contributed by atoms with van der Waals surface area (Å²) in [4.78, 5) is 25.9. The van der Waals surface area contributed by atoms with Gasteiger partial charge in [0.25, 0.3) is 5.56 Å². The zero-order valence-corrected chi connectivity index (χ0v) is 19.5. The number of fused-ring (bicyclic) bond motifs is 3. The van der Waals surface area contributed by atoms with Gasteiger partial charge in [0, 0.05) is 47.5 Å². The van der Waals surface area contributed by atoms with Gasteiger partial charge >= 0.3 is 6.09 Å². The van der Waals surface area contributed by atoms with Crippen LogP contribution in [-0.2, 0) is 26.6 Å². The molecule has 1 amide bonds. The van der Waals surface area contributed by atoms with E-state index in [1.54, 1.807) is 29.0 Å². The van der Waals surface area contributed by atoms with Crippen molar-refractivity contribution >= 4 is 28.6 Å². The highest BCUT2D eigenvalue weighted by molar-refractivity contribution is 6.30. The number of hydrogen-bond donors (Lipinski definition) is 1. The minimum absolute atomic E-state index is 0.194. The summed E-state index contributed by atoms with van der Waals surface area (Å²) in [5, 5.41) is 11.2. The summed E-state index contributed by atoms with van der Waals surface area (Å²) in [5.74, 6) is 0.497. The maximum Gasteiger partial charge on any atom is 0.407 e. The van der Waals surface area contributed by atoms with Gasteiger partial charge in [-0.05, 0) is 48.7 Å². The largest absolute Gasteiger partial charge is 0.489 e. The van der Waals surface area contributed by atoms with Crippen molar-refractivity contribution in [3.8, 4) is 11.4 Å². The predicted molar refractivity (Wildman–Crippen MR) is 131 cm³/mol. The number of aromatic nitrogens is 2. The number of rotatable bonds is 4. The van der Waals surface area contributed by atoms with E-state index in [0.717, 1.165) is 46.3 Å². The van der Waals surface area contributed by atoms with E-state index in [9.17, 15) is 14.7 Å². The molecule has 7 nitrogen and oxygen atoms in total. The van der Waals surface area contributed by atoms with E-state index in [0.29, 0.717) is 30.5 Å². The molecule has 0 unspecified atom stereocenters. The summed E-state index contributed by atoms with van der Waals surface area (Å²) in [7, 11) is 2.00. The van der Waals surface area contributed by atoms with Gasteiger partial charge < -0.3 is 19.3 Å². The maximum atomic E-state index is 12.9. The molecule has 0 bridgehead atoms. The smallest absolute Gasteiger partial charge is 0.407 e. The van der Waals surface area contributed by atoms with Crippen molar-refractivity contribution in [2.75, 3.05) is 6.54 Å². The lowest BCUT2D eigenvalue weighted by molar-refractivity contribution is 0.143. The zero-order valence-electron chi connectivity index (χ0n) is 18.7. The van der Waals surface area contributed by atoms with Crippen molar-refractivity contribution in [3.05, 3.63) is 93.0 Å². The minimum atomic E-state index is -0.897. The van der Waals surface area contributed by atoms with E-state index in [1.807, 2.05) is 37.4 Å². The number of carbonyl (C=O) groups is 1. The predicted octanol–water partition coefficient (Wildman–Crippen LogP) is 4.99. The molecule has 8 heteroatoms. The second-order valence-electron chi connectivity index (χ2n) is 8.48. The van der Waals surface area contributed by atoms with Crippen LogP contribution in [0.5, 0.6) is 5.75 Å². The Morgan fingerprint density at radius 2 is 1.91 bits per heavy atom. The van der Waals surface area contributed by atoms with Crippen LogP contribution in [0.4, 0.5) is 4.79 Å². The molecule has 2 aromatic heterocycles. The molecular weight excluding hydrogens is 454 g/mol. The molecule has 174 valence electrons. The third-order valence-electron chi connectivity index (χ3n) is 6.37. The van der Waals surface area contributed by atoms with Crippen LogP contribution < -0.4 is 10.3 Å². The van der Waals surface area contributed by atoms with Crippen LogP contribution in [0.3, 0.4) is 0 Å². The average molecular weight is 478 g/mol. The number of ether oxygens (including phenoxy) is 1. The average Bonchev–Trinajstić information content (AvgIpc) is 2.97. The zero-order chi connectivity index (χ0) is 23.8. The van der Waals surface area contributed by atoms with Gasteiger partial charge in [-0.1, -0.05) is 29.8 Å². The molecule has 0 radical (unpaired) electrons. The summed E-state index contributed by atoms with van der Waals surface area (Å²) in [6, 6.07) is 16.5. The Balaban J connectivity index is 1.43. The van der Waals surface area contributed by atoms with E-state index >= 15 is 0 Å². The maximum absolute atomic E-state index is 12.9. The number of amides is 1. The highest BCUT2D eigenvalue weighted by Gasteiger charge is 2.23. The number of nitrogens with zero attached hydrogens (tertiary/aromatic N) is 3. The summed E-state index contributed by atoms with van der Waals surface area (Å²) in [5.41, 5.74) is 4.68. The van der Waals surface area contributed by atoms with E-state index in [4.69, 9.17) is 16.3 Å². The van der Waals surface area contributed by atoms with E-state index in [1.165, 1.54) is 11.0 Å². The van der Waals surface area contributed by atoms with Crippen LogP contribution >= 0.6 is 11.6 Å². The molecule has 0 spiro atoms. The summed E-state index contributed by atoms with van der Waals surface area (Å²) < 4.78 is 9.48.